The molecule has 2 fully saturated rings. The van der Waals surface area contributed by atoms with Crippen LogP contribution in [0.15, 0.2) is 0 Å². The van der Waals surface area contributed by atoms with Gasteiger partial charge in [0.2, 0.25) is 5.91 Å². The number of nitrogens with one attached hydrogen (secondary N) is 3. The maximum atomic E-state index is 11.8. The summed E-state index contributed by atoms with van der Waals surface area (Å²) in [5.41, 5.74) is 5.42. The van der Waals surface area contributed by atoms with Gasteiger partial charge in [-0.1, -0.05) is 6.42 Å². The fourth-order valence-electron chi connectivity index (χ4n) is 3.20. The minimum absolute atomic E-state index is 0.0373. The number of nitrogens with two attached hydrogens (primary N) is 1. The Morgan fingerprint density at radius 1 is 1.28 bits per heavy atom. The zero-order valence-electron chi connectivity index (χ0n) is 14.3. The van der Waals surface area contributed by atoms with Crippen LogP contribution in [0.25, 0.3) is 0 Å². The van der Waals surface area contributed by atoms with Gasteiger partial charge in [-0.2, -0.15) is 11.8 Å². The van der Waals surface area contributed by atoms with Crippen molar-refractivity contribution >= 4 is 29.7 Å². The molecule has 0 aliphatic carbocycles. The van der Waals surface area contributed by atoms with Gasteiger partial charge in [0.05, 0.1) is 12.1 Å². The first kappa shape index (κ1) is 19.8. The zero-order valence-corrected chi connectivity index (χ0v) is 15.1. The van der Waals surface area contributed by atoms with Crippen LogP contribution < -0.4 is 21.7 Å². The molecular formula is C16H28N4O4S. The third kappa shape index (κ3) is 6.39. The van der Waals surface area contributed by atoms with Crippen LogP contribution in [0.2, 0.25) is 0 Å². The molecule has 0 spiro atoms. The van der Waals surface area contributed by atoms with Gasteiger partial charge in [0, 0.05) is 24.0 Å². The van der Waals surface area contributed by atoms with Crippen molar-refractivity contribution in [3.05, 3.63) is 0 Å². The minimum atomic E-state index is -0.983. The van der Waals surface area contributed by atoms with Crippen molar-refractivity contribution in [3.63, 3.8) is 0 Å². The monoisotopic (exact) mass is 372 g/mol. The van der Waals surface area contributed by atoms with Crippen molar-refractivity contribution in [2.75, 3.05) is 12.3 Å². The van der Waals surface area contributed by atoms with Crippen LogP contribution in [0, 0.1) is 0 Å². The summed E-state index contributed by atoms with van der Waals surface area (Å²) in [5.74, 6) is 0.0131. The third-order valence-electron chi connectivity index (χ3n) is 4.66. The molecule has 6 N–H and O–H groups in total. The average Bonchev–Trinajstić information content (AvgIpc) is 3.10. The van der Waals surface area contributed by atoms with E-state index in [1.807, 2.05) is 11.8 Å². The topological polar surface area (TPSA) is 134 Å². The van der Waals surface area contributed by atoms with Gasteiger partial charge >= 0.3 is 12.0 Å². The van der Waals surface area contributed by atoms with E-state index < -0.39 is 12.0 Å². The van der Waals surface area contributed by atoms with Crippen molar-refractivity contribution in [1.82, 2.24) is 16.0 Å². The Bertz CT molecular complexity index is 491. The first-order valence-electron chi connectivity index (χ1n) is 8.91. The van der Waals surface area contributed by atoms with E-state index in [1.54, 1.807) is 0 Å². The number of thioether (sulfide) groups is 1. The average molecular weight is 372 g/mol. The van der Waals surface area contributed by atoms with Crippen LogP contribution in [0.4, 0.5) is 4.79 Å². The Morgan fingerprint density at radius 2 is 2.08 bits per heavy atom. The van der Waals surface area contributed by atoms with Crippen molar-refractivity contribution in [2.45, 2.75) is 68.3 Å². The number of urea groups is 1. The molecule has 0 radical (unpaired) electrons. The summed E-state index contributed by atoms with van der Waals surface area (Å²) in [6.07, 6.45) is 5.18. The Kier molecular flexibility index (Phi) is 7.83. The van der Waals surface area contributed by atoms with E-state index in [-0.39, 0.29) is 24.0 Å². The molecule has 0 aromatic heterocycles. The van der Waals surface area contributed by atoms with Gasteiger partial charge in [-0.15, -0.1) is 0 Å². The predicted molar refractivity (Wildman–Crippen MR) is 96.4 cm³/mol. The summed E-state index contributed by atoms with van der Waals surface area (Å²) in [7, 11) is 0. The lowest BCUT2D eigenvalue weighted by molar-refractivity contribution is -0.138. The number of carboxylic acids is 1. The zero-order chi connectivity index (χ0) is 18.2. The molecule has 9 heteroatoms. The van der Waals surface area contributed by atoms with Crippen molar-refractivity contribution in [2.24, 2.45) is 5.73 Å². The second-order valence-corrected chi connectivity index (χ2v) is 7.93. The van der Waals surface area contributed by atoms with Crippen LogP contribution in [-0.2, 0) is 9.59 Å². The highest BCUT2D eigenvalue weighted by Crippen LogP contribution is 2.33. The summed E-state index contributed by atoms with van der Waals surface area (Å²) in [5, 5.41) is 17.9. The summed E-state index contributed by atoms with van der Waals surface area (Å²) < 4.78 is 0. The standard InChI is InChI=1S/C16H28N4O4S/c17-10(15(22)23)5-3-4-8-18-13(21)7-2-1-6-12-14-11(9-25-12)19-16(24)20-14/h10-12,14H,1-9,17H2,(H,18,21)(H,22,23)(H2,19,20,24)/t10-,11-,12+,14-/m1/s1. The van der Waals surface area contributed by atoms with E-state index in [1.165, 1.54) is 0 Å². The van der Waals surface area contributed by atoms with Crippen molar-refractivity contribution < 1.29 is 19.5 Å². The number of unbranched alkanes of at least 4 members (excludes halogenated alkanes) is 2. The third-order valence-corrected chi connectivity index (χ3v) is 6.17. The summed E-state index contributed by atoms with van der Waals surface area (Å²) in [4.78, 5) is 33.7. The maximum absolute atomic E-state index is 11.8. The molecule has 4 atom stereocenters. The van der Waals surface area contributed by atoms with E-state index >= 15 is 0 Å². The minimum Gasteiger partial charge on any atom is -0.480 e. The van der Waals surface area contributed by atoms with Crippen LogP contribution >= 0.6 is 11.8 Å². The van der Waals surface area contributed by atoms with Gasteiger partial charge < -0.3 is 26.8 Å². The van der Waals surface area contributed by atoms with Crippen molar-refractivity contribution in [3.8, 4) is 0 Å². The molecule has 0 saturated carbocycles. The van der Waals surface area contributed by atoms with Crippen molar-refractivity contribution in [1.29, 1.82) is 0 Å². The molecule has 2 aliphatic rings. The number of carbonyl (C=O) groups excluding carboxylic acids is 2. The first-order valence-corrected chi connectivity index (χ1v) is 9.96. The van der Waals surface area contributed by atoms with Crippen LogP contribution in [-0.4, -0.2) is 58.7 Å². The molecule has 2 rings (SSSR count). The largest absolute Gasteiger partial charge is 0.480 e. The van der Waals surface area contributed by atoms with Gasteiger partial charge in [-0.25, -0.2) is 4.79 Å². The predicted octanol–water partition coefficient (Wildman–Crippen LogP) is 0.411. The molecule has 3 amide bonds. The van der Waals surface area contributed by atoms with E-state index in [4.69, 9.17) is 10.8 Å². The van der Waals surface area contributed by atoms with Gasteiger partial charge in [0.15, 0.2) is 0 Å². The number of fused-ring (bicyclic) bond motifs is 1. The first-order chi connectivity index (χ1) is 12.0. The Morgan fingerprint density at radius 3 is 2.84 bits per heavy atom. The second-order valence-electron chi connectivity index (χ2n) is 6.66. The van der Waals surface area contributed by atoms with Crippen LogP contribution in [0.5, 0.6) is 0 Å². The highest BCUT2D eigenvalue weighted by atomic mass is 32.2. The van der Waals surface area contributed by atoms with Gasteiger partial charge in [-0.3, -0.25) is 9.59 Å². The number of hydrogen-bond donors (Lipinski definition) is 5. The number of aliphatic carboxylic acids is 1. The molecule has 8 nitrogen and oxygen atoms in total. The van der Waals surface area contributed by atoms with Gasteiger partial charge in [-0.05, 0) is 32.1 Å². The number of carboxylic acid groups (broad SMARTS) is 1. The molecule has 2 heterocycles. The van der Waals surface area contributed by atoms with E-state index in [2.05, 4.69) is 16.0 Å². The molecular weight excluding hydrogens is 344 g/mol. The summed E-state index contributed by atoms with van der Waals surface area (Å²) >= 11 is 1.89. The molecule has 0 unspecified atom stereocenters. The van der Waals surface area contributed by atoms with Gasteiger partial charge in [0.25, 0.3) is 0 Å². The summed E-state index contributed by atoms with van der Waals surface area (Å²) in [6, 6.07) is -0.406. The Hall–Kier alpha value is -1.48. The normalized spacial score (nSPS) is 25.8. The Labute approximate surface area is 152 Å². The SMILES string of the molecule is N[C@H](CCCCNC(=O)CCCC[C@@H]1SC[C@H]2NC(=O)N[C@@H]12)C(=O)O. The van der Waals surface area contributed by atoms with E-state index in [9.17, 15) is 14.4 Å². The van der Waals surface area contributed by atoms with Crippen LogP contribution in [0.1, 0.15) is 44.9 Å². The lowest BCUT2D eigenvalue weighted by Gasteiger charge is -2.16. The van der Waals surface area contributed by atoms with Crippen LogP contribution in [0.3, 0.4) is 0 Å². The quantitative estimate of drug-likeness (QED) is 0.263. The lowest BCUT2D eigenvalue weighted by atomic mass is 10.0. The number of carbonyl (C=O) groups is 3. The molecule has 2 aliphatic heterocycles. The number of rotatable bonds is 11. The van der Waals surface area contributed by atoms with E-state index in [0.29, 0.717) is 31.1 Å². The molecule has 25 heavy (non-hydrogen) atoms. The fourth-order valence-corrected chi connectivity index (χ4v) is 4.75. The second kappa shape index (κ2) is 9.86. The smallest absolute Gasteiger partial charge is 0.320 e. The Balaban J connectivity index is 1.46. The highest BCUT2D eigenvalue weighted by molar-refractivity contribution is 8.00. The van der Waals surface area contributed by atoms with E-state index in [0.717, 1.165) is 31.4 Å². The highest BCUT2D eigenvalue weighted by Gasteiger charge is 2.42. The fraction of sp³-hybridized carbons (Fsp3) is 0.812. The molecule has 0 bridgehead atoms. The number of hydrogen-bond acceptors (Lipinski definition) is 5. The number of amides is 3. The lowest BCUT2D eigenvalue weighted by Crippen LogP contribution is -2.36. The molecule has 0 aromatic carbocycles. The molecule has 0 aromatic rings. The molecule has 142 valence electrons. The maximum Gasteiger partial charge on any atom is 0.320 e. The molecule has 2 saturated heterocycles. The summed E-state index contributed by atoms with van der Waals surface area (Å²) in [6.45, 7) is 0.561. The van der Waals surface area contributed by atoms with Gasteiger partial charge in [0.1, 0.15) is 6.04 Å².